The van der Waals surface area contributed by atoms with E-state index in [2.05, 4.69) is 37.5 Å². The Bertz CT molecular complexity index is 491. The van der Waals surface area contributed by atoms with E-state index in [4.69, 9.17) is 10.3 Å². The van der Waals surface area contributed by atoms with Crippen LogP contribution in [-0.2, 0) is 12.8 Å². The SMILES string of the molecule is Cc1ccc(CC(Cc2ccco2)NN)cc1C. The van der Waals surface area contributed by atoms with Crippen LogP contribution in [0.15, 0.2) is 41.0 Å². The van der Waals surface area contributed by atoms with Crippen molar-refractivity contribution in [2.24, 2.45) is 5.84 Å². The number of hydrogen-bond acceptors (Lipinski definition) is 3. The third-order valence-corrected chi connectivity index (χ3v) is 3.32. The molecule has 2 aromatic rings. The van der Waals surface area contributed by atoms with E-state index in [1.54, 1.807) is 6.26 Å². The summed E-state index contributed by atoms with van der Waals surface area (Å²) in [5, 5.41) is 0. The largest absolute Gasteiger partial charge is 0.469 e. The number of aryl methyl sites for hydroxylation is 2. The first-order valence-electron chi connectivity index (χ1n) is 6.23. The van der Waals surface area contributed by atoms with E-state index < -0.39 is 0 Å². The lowest BCUT2D eigenvalue weighted by Crippen LogP contribution is -2.38. The van der Waals surface area contributed by atoms with Gasteiger partial charge in [-0.3, -0.25) is 11.3 Å². The van der Waals surface area contributed by atoms with Gasteiger partial charge in [0, 0.05) is 12.5 Å². The van der Waals surface area contributed by atoms with E-state index in [9.17, 15) is 0 Å². The number of benzene rings is 1. The Morgan fingerprint density at radius 3 is 2.61 bits per heavy atom. The maximum absolute atomic E-state index is 5.61. The van der Waals surface area contributed by atoms with E-state index in [0.717, 1.165) is 18.6 Å². The van der Waals surface area contributed by atoms with Crippen molar-refractivity contribution in [1.29, 1.82) is 0 Å². The molecule has 2 rings (SSSR count). The van der Waals surface area contributed by atoms with Crippen LogP contribution in [0, 0.1) is 13.8 Å². The molecule has 96 valence electrons. The average Bonchev–Trinajstić information content (AvgIpc) is 2.86. The van der Waals surface area contributed by atoms with Gasteiger partial charge in [0.1, 0.15) is 5.76 Å². The van der Waals surface area contributed by atoms with Crippen molar-refractivity contribution < 1.29 is 4.42 Å². The Morgan fingerprint density at radius 1 is 1.17 bits per heavy atom. The fraction of sp³-hybridized carbons (Fsp3) is 0.333. The van der Waals surface area contributed by atoms with Gasteiger partial charge in [-0.05, 0) is 49.1 Å². The van der Waals surface area contributed by atoms with Crippen molar-refractivity contribution in [2.75, 3.05) is 0 Å². The molecule has 0 amide bonds. The summed E-state index contributed by atoms with van der Waals surface area (Å²) < 4.78 is 5.35. The molecule has 0 radical (unpaired) electrons. The van der Waals surface area contributed by atoms with E-state index in [0.29, 0.717) is 0 Å². The van der Waals surface area contributed by atoms with Gasteiger partial charge in [-0.15, -0.1) is 0 Å². The van der Waals surface area contributed by atoms with E-state index in [1.165, 1.54) is 16.7 Å². The number of nitrogens with one attached hydrogen (secondary N) is 1. The summed E-state index contributed by atoms with van der Waals surface area (Å²) in [5.41, 5.74) is 6.80. The Kier molecular flexibility index (Phi) is 4.18. The molecule has 3 heteroatoms. The fourth-order valence-corrected chi connectivity index (χ4v) is 2.08. The maximum Gasteiger partial charge on any atom is 0.105 e. The summed E-state index contributed by atoms with van der Waals surface area (Å²) in [5.74, 6) is 6.57. The normalized spacial score (nSPS) is 12.6. The van der Waals surface area contributed by atoms with Gasteiger partial charge in [0.05, 0.1) is 6.26 Å². The molecule has 3 N–H and O–H groups in total. The Balaban J connectivity index is 2.03. The Hall–Kier alpha value is -1.58. The lowest BCUT2D eigenvalue weighted by Gasteiger charge is -2.15. The molecule has 0 aliphatic heterocycles. The van der Waals surface area contributed by atoms with Crippen LogP contribution in [0.2, 0.25) is 0 Å². The molecule has 0 aliphatic rings. The highest BCUT2D eigenvalue weighted by molar-refractivity contribution is 5.30. The minimum absolute atomic E-state index is 0.193. The van der Waals surface area contributed by atoms with Crippen molar-refractivity contribution in [3.8, 4) is 0 Å². The van der Waals surface area contributed by atoms with Gasteiger partial charge < -0.3 is 4.42 Å². The molecular formula is C15H20N2O. The second-order valence-electron chi connectivity index (χ2n) is 4.77. The lowest BCUT2D eigenvalue weighted by molar-refractivity contribution is 0.444. The van der Waals surface area contributed by atoms with Crippen LogP contribution in [0.3, 0.4) is 0 Å². The lowest BCUT2D eigenvalue weighted by atomic mass is 9.99. The van der Waals surface area contributed by atoms with Gasteiger partial charge in [0.15, 0.2) is 0 Å². The molecular weight excluding hydrogens is 224 g/mol. The summed E-state index contributed by atoms with van der Waals surface area (Å²) in [6.45, 7) is 4.26. The van der Waals surface area contributed by atoms with Crippen LogP contribution in [0.5, 0.6) is 0 Å². The molecule has 0 saturated heterocycles. The molecule has 1 unspecified atom stereocenters. The van der Waals surface area contributed by atoms with Crippen LogP contribution in [0.25, 0.3) is 0 Å². The molecule has 1 aromatic carbocycles. The van der Waals surface area contributed by atoms with Crippen molar-refractivity contribution in [3.63, 3.8) is 0 Å². The maximum atomic E-state index is 5.61. The first-order valence-corrected chi connectivity index (χ1v) is 6.23. The highest BCUT2D eigenvalue weighted by Gasteiger charge is 2.11. The standard InChI is InChI=1S/C15H20N2O/c1-11-5-6-13(8-12(11)2)9-14(17-16)10-15-4-3-7-18-15/h3-8,14,17H,9-10,16H2,1-2H3. The summed E-state index contributed by atoms with van der Waals surface area (Å²) in [7, 11) is 0. The summed E-state index contributed by atoms with van der Waals surface area (Å²) in [6, 6.07) is 10.6. The van der Waals surface area contributed by atoms with E-state index >= 15 is 0 Å². The average molecular weight is 244 g/mol. The summed E-state index contributed by atoms with van der Waals surface area (Å²) >= 11 is 0. The minimum atomic E-state index is 0.193. The van der Waals surface area contributed by atoms with Crippen LogP contribution >= 0.6 is 0 Å². The van der Waals surface area contributed by atoms with Crippen LogP contribution < -0.4 is 11.3 Å². The Labute approximate surface area is 108 Å². The van der Waals surface area contributed by atoms with Crippen LogP contribution in [0.4, 0.5) is 0 Å². The van der Waals surface area contributed by atoms with Crippen molar-refractivity contribution in [1.82, 2.24) is 5.43 Å². The molecule has 18 heavy (non-hydrogen) atoms. The van der Waals surface area contributed by atoms with Crippen LogP contribution in [0.1, 0.15) is 22.5 Å². The third kappa shape index (κ3) is 3.22. The van der Waals surface area contributed by atoms with Crippen molar-refractivity contribution in [3.05, 3.63) is 59.0 Å². The van der Waals surface area contributed by atoms with Gasteiger partial charge in [-0.25, -0.2) is 0 Å². The number of rotatable bonds is 5. The second-order valence-corrected chi connectivity index (χ2v) is 4.77. The zero-order valence-electron chi connectivity index (χ0n) is 10.9. The number of hydrazine groups is 1. The van der Waals surface area contributed by atoms with E-state index in [1.807, 2.05) is 12.1 Å². The zero-order valence-corrected chi connectivity index (χ0v) is 10.9. The second kappa shape index (κ2) is 5.85. The minimum Gasteiger partial charge on any atom is -0.469 e. The molecule has 3 nitrogen and oxygen atoms in total. The Morgan fingerprint density at radius 2 is 2.00 bits per heavy atom. The predicted octanol–water partition coefficient (Wildman–Crippen LogP) is 2.51. The molecule has 0 aliphatic carbocycles. The molecule has 1 atom stereocenters. The van der Waals surface area contributed by atoms with Crippen LogP contribution in [-0.4, -0.2) is 6.04 Å². The zero-order chi connectivity index (χ0) is 13.0. The first kappa shape index (κ1) is 12.9. The quantitative estimate of drug-likeness (QED) is 0.627. The topological polar surface area (TPSA) is 51.2 Å². The van der Waals surface area contributed by atoms with Gasteiger partial charge in [0.25, 0.3) is 0 Å². The first-order chi connectivity index (χ1) is 8.69. The summed E-state index contributed by atoms with van der Waals surface area (Å²) in [4.78, 5) is 0. The van der Waals surface area contributed by atoms with Gasteiger partial charge >= 0.3 is 0 Å². The predicted molar refractivity (Wildman–Crippen MR) is 73.1 cm³/mol. The molecule has 0 saturated carbocycles. The number of nitrogens with two attached hydrogens (primary N) is 1. The smallest absolute Gasteiger partial charge is 0.105 e. The molecule has 1 aromatic heterocycles. The molecule has 0 spiro atoms. The monoisotopic (exact) mass is 244 g/mol. The highest BCUT2D eigenvalue weighted by atomic mass is 16.3. The summed E-state index contributed by atoms with van der Waals surface area (Å²) in [6.07, 6.45) is 3.40. The van der Waals surface area contributed by atoms with Gasteiger partial charge in [-0.1, -0.05) is 18.2 Å². The molecule has 0 fully saturated rings. The number of furan rings is 1. The number of hydrogen-bond donors (Lipinski definition) is 2. The highest BCUT2D eigenvalue weighted by Crippen LogP contribution is 2.13. The molecule has 0 bridgehead atoms. The third-order valence-electron chi connectivity index (χ3n) is 3.32. The van der Waals surface area contributed by atoms with E-state index in [-0.39, 0.29) is 6.04 Å². The van der Waals surface area contributed by atoms with Gasteiger partial charge in [-0.2, -0.15) is 0 Å². The molecule has 1 heterocycles. The fourth-order valence-electron chi connectivity index (χ4n) is 2.08. The van der Waals surface area contributed by atoms with Crippen molar-refractivity contribution in [2.45, 2.75) is 32.7 Å². The van der Waals surface area contributed by atoms with Gasteiger partial charge in [0.2, 0.25) is 0 Å². The van der Waals surface area contributed by atoms with Crippen molar-refractivity contribution >= 4 is 0 Å².